The molecule has 1 aromatic heterocycles. The van der Waals surface area contributed by atoms with E-state index in [-0.39, 0.29) is 24.3 Å². The summed E-state index contributed by atoms with van der Waals surface area (Å²) in [6.07, 6.45) is 1.65. The number of hydrogen-bond donors (Lipinski definition) is 0. The van der Waals surface area contributed by atoms with Crippen LogP contribution in [-0.4, -0.2) is 26.2 Å². The number of aryl methyl sites for hydroxylation is 2. The molecule has 1 aliphatic rings. The number of sulfone groups is 1. The van der Waals surface area contributed by atoms with Crippen LogP contribution in [0.25, 0.3) is 11.0 Å². The van der Waals surface area contributed by atoms with Gasteiger partial charge in [-0.1, -0.05) is 18.9 Å². The van der Waals surface area contributed by atoms with E-state index < -0.39 is 26.2 Å². The molecule has 0 aliphatic heterocycles. The van der Waals surface area contributed by atoms with Crippen molar-refractivity contribution in [3.05, 3.63) is 69.6 Å². The third-order valence-electron chi connectivity index (χ3n) is 6.48. The molecule has 33 heavy (non-hydrogen) atoms. The Kier molecular flexibility index (Phi) is 6.05. The lowest BCUT2D eigenvalue weighted by molar-refractivity contribution is -0.148. The summed E-state index contributed by atoms with van der Waals surface area (Å²) in [7, 11) is -2.47. The van der Waals surface area contributed by atoms with Crippen molar-refractivity contribution in [1.29, 1.82) is 0 Å². The SMILES string of the molecule is COc1ccc2c(COC(=O)C3(S(=O)(=O)c4ccc(C)c(C)c4)CCCC3)cc(=O)oc2c1. The van der Waals surface area contributed by atoms with Crippen LogP contribution in [0.2, 0.25) is 0 Å². The summed E-state index contributed by atoms with van der Waals surface area (Å²) in [6.45, 7) is 3.51. The van der Waals surface area contributed by atoms with Gasteiger partial charge in [0.2, 0.25) is 0 Å². The number of rotatable bonds is 6. The predicted molar refractivity (Wildman–Crippen MR) is 123 cm³/mol. The summed E-state index contributed by atoms with van der Waals surface area (Å²) in [5.41, 5.74) is 1.96. The fourth-order valence-electron chi connectivity index (χ4n) is 4.37. The number of esters is 1. The molecule has 1 aliphatic carbocycles. The lowest BCUT2D eigenvalue weighted by Crippen LogP contribution is -2.45. The van der Waals surface area contributed by atoms with Gasteiger partial charge < -0.3 is 13.9 Å². The zero-order chi connectivity index (χ0) is 23.8. The van der Waals surface area contributed by atoms with Gasteiger partial charge >= 0.3 is 11.6 Å². The van der Waals surface area contributed by atoms with E-state index in [1.807, 2.05) is 13.8 Å². The molecular formula is C25H26O7S. The van der Waals surface area contributed by atoms with Crippen LogP contribution in [0.15, 0.2) is 56.6 Å². The lowest BCUT2D eigenvalue weighted by atomic mass is 10.1. The highest BCUT2D eigenvalue weighted by atomic mass is 32.2. The normalized spacial score (nSPS) is 15.5. The number of benzene rings is 2. The Bertz CT molecular complexity index is 1380. The zero-order valence-electron chi connectivity index (χ0n) is 18.8. The van der Waals surface area contributed by atoms with Crippen LogP contribution in [0.3, 0.4) is 0 Å². The molecule has 0 unspecified atom stereocenters. The predicted octanol–water partition coefficient (Wildman–Crippen LogP) is 4.25. The summed E-state index contributed by atoms with van der Waals surface area (Å²) in [5.74, 6) is -0.266. The number of fused-ring (bicyclic) bond motifs is 1. The largest absolute Gasteiger partial charge is 0.497 e. The summed E-state index contributed by atoms with van der Waals surface area (Å²) < 4.78 is 41.6. The fraction of sp³-hybridized carbons (Fsp3) is 0.360. The van der Waals surface area contributed by atoms with E-state index in [9.17, 15) is 18.0 Å². The number of methoxy groups -OCH3 is 1. The summed E-state index contributed by atoms with van der Waals surface area (Å²) in [6, 6.07) is 11.1. The summed E-state index contributed by atoms with van der Waals surface area (Å²) in [5, 5.41) is 0.584. The van der Waals surface area contributed by atoms with Crippen LogP contribution in [0.5, 0.6) is 5.75 Å². The molecule has 3 aromatic rings. The van der Waals surface area contributed by atoms with Crippen molar-refractivity contribution in [3.63, 3.8) is 0 Å². The molecule has 0 atom stereocenters. The number of carbonyl (C=O) groups excluding carboxylic acids is 1. The van der Waals surface area contributed by atoms with Crippen molar-refractivity contribution in [2.75, 3.05) is 7.11 Å². The van der Waals surface area contributed by atoms with Gasteiger partial charge in [-0.25, -0.2) is 13.2 Å². The first-order chi connectivity index (χ1) is 15.7. The molecule has 4 rings (SSSR count). The first kappa shape index (κ1) is 23.0. The molecule has 1 fully saturated rings. The highest BCUT2D eigenvalue weighted by Crippen LogP contribution is 2.42. The molecule has 0 amide bonds. The monoisotopic (exact) mass is 470 g/mol. The number of ether oxygens (including phenoxy) is 2. The van der Waals surface area contributed by atoms with Gasteiger partial charge in [-0.3, -0.25) is 4.79 Å². The van der Waals surface area contributed by atoms with Gasteiger partial charge in [0.1, 0.15) is 17.9 Å². The maximum atomic E-state index is 13.6. The highest BCUT2D eigenvalue weighted by molar-refractivity contribution is 7.93. The fourth-order valence-corrected chi connectivity index (χ4v) is 6.50. The third-order valence-corrected chi connectivity index (χ3v) is 8.96. The molecule has 0 saturated heterocycles. The summed E-state index contributed by atoms with van der Waals surface area (Å²) in [4.78, 5) is 25.5. The minimum absolute atomic E-state index is 0.127. The number of hydrogen-bond acceptors (Lipinski definition) is 7. The van der Waals surface area contributed by atoms with E-state index in [4.69, 9.17) is 13.9 Å². The van der Waals surface area contributed by atoms with Gasteiger partial charge in [-0.05, 0) is 62.1 Å². The van der Waals surface area contributed by atoms with Crippen molar-refractivity contribution in [1.82, 2.24) is 0 Å². The molecule has 2 aromatic carbocycles. The smallest absolute Gasteiger partial charge is 0.336 e. The minimum Gasteiger partial charge on any atom is -0.497 e. The molecule has 8 heteroatoms. The maximum absolute atomic E-state index is 13.6. The van der Waals surface area contributed by atoms with Crippen molar-refractivity contribution < 1.29 is 27.1 Å². The first-order valence-electron chi connectivity index (χ1n) is 10.8. The van der Waals surface area contributed by atoms with E-state index >= 15 is 0 Å². The molecule has 0 radical (unpaired) electrons. The zero-order valence-corrected chi connectivity index (χ0v) is 19.7. The molecule has 0 bridgehead atoms. The average Bonchev–Trinajstić information content (AvgIpc) is 3.30. The molecule has 7 nitrogen and oxygen atoms in total. The van der Waals surface area contributed by atoms with Crippen molar-refractivity contribution in [3.8, 4) is 5.75 Å². The van der Waals surface area contributed by atoms with Gasteiger partial charge in [0, 0.05) is 23.1 Å². The molecule has 1 heterocycles. The van der Waals surface area contributed by atoms with Crippen molar-refractivity contribution in [2.45, 2.75) is 55.8 Å². The molecular weight excluding hydrogens is 444 g/mol. The second kappa shape index (κ2) is 8.67. The Labute approximate surface area is 192 Å². The van der Waals surface area contributed by atoms with Gasteiger partial charge in [0.15, 0.2) is 14.6 Å². The van der Waals surface area contributed by atoms with Crippen molar-refractivity contribution >= 4 is 26.8 Å². The lowest BCUT2D eigenvalue weighted by Gasteiger charge is -2.27. The summed E-state index contributed by atoms with van der Waals surface area (Å²) >= 11 is 0. The first-order valence-corrected chi connectivity index (χ1v) is 12.3. The van der Waals surface area contributed by atoms with Gasteiger partial charge in [-0.15, -0.1) is 0 Å². The van der Waals surface area contributed by atoms with E-state index in [1.54, 1.807) is 36.4 Å². The van der Waals surface area contributed by atoms with E-state index in [0.717, 1.165) is 11.1 Å². The van der Waals surface area contributed by atoms with Gasteiger partial charge in [0.25, 0.3) is 0 Å². The van der Waals surface area contributed by atoms with E-state index in [1.165, 1.54) is 13.2 Å². The van der Waals surface area contributed by atoms with E-state index in [2.05, 4.69) is 0 Å². The van der Waals surface area contributed by atoms with Crippen LogP contribution in [0.1, 0.15) is 42.4 Å². The molecule has 0 N–H and O–H groups in total. The maximum Gasteiger partial charge on any atom is 0.336 e. The van der Waals surface area contributed by atoms with Crippen LogP contribution >= 0.6 is 0 Å². The van der Waals surface area contributed by atoms with Crippen LogP contribution in [0.4, 0.5) is 0 Å². The second-order valence-corrected chi connectivity index (χ2v) is 10.7. The molecule has 0 spiro atoms. The second-order valence-electron chi connectivity index (χ2n) is 8.48. The Morgan fingerprint density at radius 2 is 1.76 bits per heavy atom. The quantitative estimate of drug-likeness (QED) is 0.392. The third kappa shape index (κ3) is 4.04. The van der Waals surface area contributed by atoms with Crippen LogP contribution in [-0.2, 0) is 26.0 Å². The van der Waals surface area contributed by atoms with Crippen LogP contribution < -0.4 is 10.4 Å². The Balaban J connectivity index is 1.66. The van der Waals surface area contributed by atoms with E-state index in [0.29, 0.717) is 35.1 Å². The topological polar surface area (TPSA) is 99.9 Å². The molecule has 174 valence electrons. The Morgan fingerprint density at radius 1 is 1.03 bits per heavy atom. The Morgan fingerprint density at radius 3 is 2.42 bits per heavy atom. The average molecular weight is 471 g/mol. The molecule has 1 saturated carbocycles. The highest BCUT2D eigenvalue weighted by Gasteiger charge is 2.54. The van der Waals surface area contributed by atoms with Crippen LogP contribution in [0, 0.1) is 13.8 Å². The number of carbonyl (C=O) groups is 1. The van der Waals surface area contributed by atoms with Crippen molar-refractivity contribution in [2.24, 2.45) is 0 Å². The van der Waals surface area contributed by atoms with Gasteiger partial charge in [0.05, 0.1) is 12.0 Å². The van der Waals surface area contributed by atoms with Gasteiger partial charge in [-0.2, -0.15) is 0 Å². The standard InChI is InChI=1S/C25H26O7S/c1-16-6-8-20(12-17(16)2)33(28,29)25(10-4-5-11-25)24(27)31-15-18-13-23(26)32-22-14-19(30-3)7-9-21(18)22/h6-9,12-14H,4-5,10-11,15H2,1-3H3. The Hall–Kier alpha value is -3.13. The minimum atomic E-state index is -3.97.